The molecule has 3 rings (SSSR count). The number of halogens is 2. The van der Waals surface area contributed by atoms with Crippen LogP contribution in [0.5, 0.6) is 0 Å². The number of amides is 2. The molecule has 2 amide bonds. The van der Waals surface area contributed by atoms with Crippen LogP contribution < -0.4 is 11.1 Å². The molecule has 4 N–H and O–H groups in total. The molecule has 7 heteroatoms. The van der Waals surface area contributed by atoms with Gasteiger partial charge in [0.25, 0.3) is 11.8 Å². The Hall–Kier alpha value is -3.74. The van der Waals surface area contributed by atoms with Crippen molar-refractivity contribution in [3.8, 4) is 0 Å². The van der Waals surface area contributed by atoms with Crippen LogP contribution in [0.2, 0.25) is 0 Å². The van der Waals surface area contributed by atoms with Crippen molar-refractivity contribution in [2.75, 3.05) is 5.32 Å². The van der Waals surface area contributed by atoms with Gasteiger partial charge in [-0.3, -0.25) is 9.59 Å². The van der Waals surface area contributed by atoms with E-state index < -0.39 is 17.6 Å². The molecule has 0 spiro atoms. The predicted octanol–water partition coefficient (Wildman–Crippen LogP) is 4.57. The summed E-state index contributed by atoms with van der Waals surface area (Å²) in [5.74, 6) is -1.83. The number of primary amides is 1. The van der Waals surface area contributed by atoms with Crippen molar-refractivity contribution in [2.45, 2.75) is 13.8 Å². The van der Waals surface area contributed by atoms with Crippen molar-refractivity contribution in [1.82, 2.24) is 4.98 Å². The number of anilines is 1. The first kappa shape index (κ1) is 20.0. The number of allylic oxidation sites excluding steroid dienone is 4. The van der Waals surface area contributed by atoms with E-state index in [1.165, 1.54) is 12.1 Å². The lowest BCUT2D eigenvalue weighted by molar-refractivity contribution is -0.110. The fourth-order valence-electron chi connectivity index (χ4n) is 3.48. The Morgan fingerprint density at radius 2 is 2.00 bits per heavy atom. The number of hydrogen-bond donors (Lipinski definition) is 3. The van der Waals surface area contributed by atoms with E-state index in [4.69, 9.17) is 5.73 Å². The third kappa shape index (κ3) is 3.42. The van der Waals surface area contributed by atoms with Crippen LogP contribution >= 0.6 is 0 Å². The molecule has 0 saturated carbocycles. The van der Waals surface area contributed by atoms with Crippen molar-refractivity contribution in [1.29, 1.82) is 0 Å². The zero-order valence-corrected chi connectivity index (χ0v) is 15.9. The van der Waals surface area contributed by atoms with E-state index in [-0.39, 0.29) is 23.0 Å². The Kier molecular flexibility index (Phi) is 5.32. The number of aromatic nitrogens is 1. The number of H-pyrrole nitrogens is 1. The highest BCUT2D eigenvalue weighted by molar-refractivity contribution is 6.36. The van der Waals surface area contributed by atoms with E-state index in [0.717, 1.165) is 6.08 Å². The summed E-state index contributed by atoms with van der Waals surface area (Å²) in [6.07, 6.45) is 3.94. The molecule has 0 unspecified atom stereocenters. The van der Waals surface area contributed by atoms with Crippen LogP contribution in [0.25, 0.3) is 17.2 Å². The maximum atomic E-state index is 14.4. The van der Waals surface area contributed by atoms with Crippen molar-refractivity contribution < 1.29 is 18.4 Å². The van der Waals surface area contributed by atoms with Gasteiger partial charge < -0.3 is 16.0 Å². The Morgan fingerprint density at radius 1 is 1.28 bits per heavy atom. The van der Waals surface area contributed by atoms with Crippen molar-refractivity contribution in [2.24, 2.45) is 5.73 Å². The minimum atomic E-state index is -0.822. The molecule has 0 atom stereocenters. The zero-order valence-electron chi connectivity index (χ0n) is 15.9. The van der Waals surface area contributed by atoms with E-state index >= 15 is 0 Å². The molecule has 1 aliphatic rings. The number of fused-ring (bicyclic) bond motifs is 1. The van der Waals surface area contributed by atoms with Gasteiger partial charge in [0.2, 0.25) is 0 Å². The first-order valence-corrected chi connectivity index (χ1v) is 8.74. The number of nitrogens with one attached hydrogen (secondary N) is 2. The number of aryl methyl sites for hydroxylation is 1. The minimum Gasteiger partial charge on any atom is -0.366 e. The topological polar surface area (TPSA) is 88.0 Å². The highest BCUT2D eigenvalue weighted by atomic mass is 19.1. The highest BCUT2D eigenvalue weighted by Gasteiger charge is 2.29. The number of carbonyl (C=O) groups excluding carboxylic acids is 2. The maximum absolute atomic E-state index is 14.4. The molecule has 1 aliphatic heterocycles. The lowest BCUT2D eigenvalue weighted by atomic mass is 9.93. The minimum absolute atomic E-state index is 0.153. The number of benzene rings is 1. The van der Waals surface area contributed by atoms with Crippen LogP contribution in [-0.4, -0.2) is 16.8 Å². The fraction of sp³-hybridized carbons (Fsp3) is 0.0909. The fourth-order valence-corrected chi connectivity index (χ4v) is 3.48. The molecule has 2 aromatic rings. The van der Waals surface area contributed by atoms with Crippen LogP contribution in [0.4, 0.5) is 14.5 Å². The lowest BCUT2D eigenvalue weighted by Crippen LogP contribution is -2.12. The molecule has 29 heavy (non-hydrogen) atoms. The molecule has 0 aliphatic carbocycles. The third-order valence-corrected chi connectivity index (χ3v) is 4.76. The first-order chi connectivity index (χ1) is 13.8. The second-order valence-corrected chi connectivity index (χ2v) is 6.54. The van der Waals surface area contributed by atoms with E-state index in [2.05, 4.69) is 16.9 Å². The molecular formula is C22H19F2N3O2. The van der Waals surface area contributed by atoms with Gasteiger partial charge in [0.05, 0.1) is 17.5 Å². The molecule has 0 fully saturated rings. The lowest BCUT2D eigenvalue weighted by Gasteiger charge is -2.10. The van der Waals surface area contributed by atoms with E-state index in [1.807, 2.05) is 0 Å². The molecule has 5 nitrogen and oxygen atoms in total. The van der Waals surface area contributed by atoms with Crippen LogP contribution in [0.3, 0.4) is 0 Å². The zero-order chi connectivity index (χ0) is 21.3. The maximum Gasteiger partial charge on any atom is 0.256 e. The summed E-state index contributed by atoms with van der Waals surface area (Å²) in [5.41, 5.74) is 8.33. The molecule has 0 bridgehead atoms. The molecule has 2 heterocycles. The van der Waals surface area contributed by atoms with Crippen molar-refractivity contribution in [3.05, 3.63) is 82.7 Å². The number of aromatic amines is 1. The van der Waals surface area contributed by atoms with E-state index in [9.17, 15) is 18.4 Å². The Bertz CT molecular complexity index is 1140. The van der Waals surface area contributed by atoms with Crippen LogP contribution in [0.15, 0.2) is 49.1 Å². The quantitative estimate of drug-likeness (QED) is 0.511. The van der Waals surface area contributed by atoms with Gasteiger partial charge in [0.15, 0.2) is 0 Å². The summed E-state index contributed by atoms with van der Waals surface area (Å²) in [6, 6.07) is 4.76. The van der Waals surface area contributed by atoms with Gasteiger partial charge in [-0.15, -0.1) is 0 Å². The summed E-state index contributed by atoms with van der Waals surface area (Å²) in [5, 5.41) is 2.70. The molecule has 148 valence electrons. The number of nitrogens with two attached hydrogens (primary N) is 1. The SMILES string of the molecule is C=C/C=C(F)\C(=C\F)c1cccc2c1/C(=C/c1[nH]c(C)c(C(N)=O)c1C)C(=O)N2. The summed E-state index contributed by atoms with van der Waals surface area (Å²) in [4.78, 5) is 27.3. The molecule has 1 aromatic carbocycles. The second-order valence-electron chi connectivity index (χ2n) is 6.54. The Morgan fingerprint density at radius 3 is 2.59 bits per heavy atom. The Balaban J connectivity index is 2.23. The summed E-state index contributed by atoms with van der Waals surface area (Å²) >= 11 is 0. The van der Waals surface area contributed by atoms with E-state index in [0.29, 0.717) is 33.8 Å². The van der Waals surface area contributed by atoms with Crippen molar-refractivity contribution >= 4 is 34.7 Å². The molecule has 0 saturated heterocycles. The third-order valence-electron chi connectivity index (χ3n) is 4.76. The number of rotatable bonds is 5. The molecule has 1 aromatic heterocycles. The van der Waals surface area contributed by atoms with Gasteiger partial charge in [-0.2, -0.15) is 0 Å². The van der Waals surface area contributed by atoms with Gasteiger partial charge in [-0.25, -0.2) is 8.78 Å². The normalized spacial score (nSPS) is 15.4. The average Bonchev–Trinajstić information content (AvgIpc) is 3.12. The van der Waals surface area contributed by atoms with Gasteiger partial charge in [0, 0.05) is 28.2 Å². The summed E-state index contributed by atoms with van der Waals surface area (Å²) < 4.78 is 28.0. The molecular weight excluding hydrogens is 376 g/mol. The number of hydrogen-bond acceptors (Lipinski definition) is 2. The van der Waals surface area contributed by atoms with Crippen LogP contribution in [0, 0.1) is 13.8 Å². The first-order valence-electron chi connectivity index (χ1n) is 8.74. The molecule has 0 radical (unpaired) electrons. The van der Waals surface area contributed by atoms with Crippen molar-refractivity contribution in [3.63, 3.8) is 0 Å². The van der Waals surface area contributed by atoms with Gasteiger partial charge in [-0.05, 0) is 43.2 Å². The largest absolute Gasteiger partial charge is 0.366 e. The van der Waals surface area contributed by atoms with E-state index in [1.54, 1.807) is 32.1 Å². The predicted molar refractivity (Wildman–Crippen MR) is 110 cm³/mol. The monoisotopic (exact) mass is 395 g/mol. The standard InChI is InChI=1S/C22H19F2N3O2/c1-4-6-16(24)15(10-23)13-7-5-8-17-20(13)14(22(29)27-17)9-18-11(2)19(21(25)28)12(3)26-18/h4-10,26H,1H2,2-3H3,(H2,25,28)(H,27,29)/b14-9-,15-10+,16-6+. The Labute approximate surface area is 166 Å². The number of carbonyl (C=O) groups is 2. The van der Waals surface area contributed by atoms with Gasteiger partial charge >= 0.3 is 0 Å². The highest BCUT2D eigenvalue weighted by Crippen LogP contribution is 2.41. The van der Waals surface area contributed by atoms with Gasteiger partial charge in [0.1, 0.15) is 5.83 Å². The summed E-state index contributed by atoms with van der Waals surface area (Å²) in [7, 11) is 0. The summed E-state index contributed by atoms with van der Waals surface area (Å²) in [6.45, 7) is 6.82. The average molecular weight is 395 g/mol. The smallest absolute Gasteiger partial charge is 0.256 e. The van der Waals surface area contributed by atoms with Gasteiger partial charge in [-0.1, -0.05) is 24.8 Å². The second kappa shape index (κ2) is 7.71. The van der Waals surface area contributed by atoms with Crippen LogP contribution in [0.1, 0.15) is 38.4 Å². The van der Waals surface area contributed by atoms with Crippen LogP contribution in [-0.2, 0) is 4.79 Å².